The minimum absolute atomic E-state index is 0.205. The zero-order valence-electron chi connectivity index (χ0n) is 13.6. The zero-order valence-corrected chi connectivity index (χ0v) is 13.6. The maximum Gasteiger partial charge on any atom is 0.226 e. The summed E-state index contributed by atoms with van der Waals surface area (Å²) in [5.41, 5.74) is 3.61. The molecular formula is C18H16BNO3. The van der Waals surface area contributed by atoms with Crippen LogP contribution in [0.25, 0.3) is 0 Å². The van der Waals surface area contributed by atoms with Crippen LogP contribution in [0.4, 0.5) is 5.69 Å². The minimum atomic E-state index is -0.210. The van der Waals surface area contributed by atoms with Gasteiger partial charge in [-0.1, -0.05) is 24.3 Å². The van der Waals surface area contributed by atoms with Gasteiger partial charge in [-0.25, -0.2) is 0 Å². The van der Waals surface area contributed by atoms with Crippen molar-refractivity contribution in [1.82, 2.24) is 0 Å². The number of hydrogen-bond donors (Lipinski definition) is 0. The number of nitrogens with zero attached hydrogens (tertiary/aromatic N) is 1. The van der Waals surface area contributed by atoms with Crippen molar-refractivity contribution in [1.29, 1.82) is 0 Å². The number of methoxy groups -OCH3 is 1. The van der Waals surface area contributed by atoms with Gasteiger partial charge in [-0.2, -0.15) is 0 Å². The van der Waals surface area contributed by atoms with E-state index in [1.54, 1.807) is 31.3 Å². The highest BCUT2D eigenvalue weighted by Crippen LogP contribution is 2.42. The molecule has 0 heterocycles. The van der Waals surface area contributed by atoms with E-state index in [4.69, 9.17) is 12.7 Å². The molecule has 0 spiro atoms. The Kier molecular flexibility index (Phi) is 3.51. The van der Waals surface area contributed by atoms with Gasteiger partial charge in [-0.15, -0.1) is 0 Å². The van der Waals surface area contributed by atoms with Crippen molar-refractivity contribution < 1.29 is 14.3 Å². The number of carbonyl (C=O) groups excluding carboxylic acids is 2. The van der Waals surface area contributed by atoms with Crippen LogP contribution in [0.2, 0.25) is 0 Å². The van der Waals surface area contributed by atoms with E-state index in [9.17, 15) is 9.59 Å². The molecule has 23 heavy (non-hydrogen) atoms. The zero-order chi connectivity index (χ0) is 16.9. The molecule has 0 bridgehead atoms. The predicted molar refractivity (Wildman–Crippen MR) is 89.9 cm³/mol. The first-order valence-electron chi connectivity index (χ1n) is 7.28. The van der Waals surface area contributed by atoms with Gasteiger partial charge in [0.2, 0.25) is 7.98 Å². The van der Waals surface area contributed by atoms with Crippen LogP contribution in [-0.2, 0) is 0 Å². The molecule has 0 fully saturated rings. The standard InChI is InChI=1S/C18H16BNO3/c1-9-10(2)18(23-4)14-13(15(9)20(3)19)16(21)11-7-5-6-8-12(11)17(14)22/h5-8H,1-4H3. The molecule has 2 aromatic carbocycles. The second-order valence-corrected chi connectivity index (χ2v) is 5.70. The van der Waals surface area contributed by atoms with E-state index in [2.05, 4.69) is 0 Å². The molecular weight excluding hydrogens is 289 g/mol. The van der Waals surface area contributed by atoms with Crippen molar-refractivity contribution >= 4 is 25.2 Å². The second-order valence-electron chi connectivity index (χ2n) is 5.70. The molecule has 0 N–H and O–H groups in total. The monoisotopic (exact) mass is 305 g/mol. The molecule has 0 aliphatic heterocycles. The number of ether oxygens (including phenoxy) is 1. The summed E-state index contributed by atoms with van der Waals surface area (Å²) in [5.74, 6) is 0.0260. The average Bonchev–Trinajstić information content (AvgIpc) is 2.53. The molecule has 1 aliphatic carbocycles. The van der Waals surface area contributed by atoms with Crippen LogP contribution in [0.1, 0.15) is 43.0 Å². The van der Waals surface area contributed by atoms with Crippen LogP contribution in [0, 0.1) is 13.8 Å². The van der Waals surface area contributed by atoms with E-state index in [0.717, 1.165) is 11.1 Å². The number of fused-ring (bicyclic) bond motifs is 2. The SMILES string of the molecule is [B]N(C)c1c(C)c(C)c(OC)c2c1C(=O)c1ccccc1C2=O. The van der Waals surface area contributed by atoms with Crippen LogP contribution < -0.4 is 9.55 Å². The van der Waals surface area contributed by atoms with Crippen molar-refractivity contribution in [2.24, 2.45) is 0 Å². The summed E-state index contributed by atoms with van der Waals surface area (Å²) in [6, 6.07) is 6.83. The van der Waals surface area contributed by atoms with E-state index in [1.807, 2.05) is 13.8 Å². The largest absolute Gasteiger partial charge is 0.496 e. The van der Waals surface area contributed by atoms with Crippen LogP contribution in [0.15, 0.2) is 24.3 Å². The Labute approximate surface area is 136 Å². The van der Waals surface area contributed by atoms with Crippen LogP contribution in [-0.4, -0.2) is 33.7 Å². The first-order valence-corrected chi connectivity index (χ1v) is 7.28. The third-order valence-electron chi connectivity index (χ3n) is 4.40. The summed E-state index contributed by atoms with van der Waals surface area (Å²) in [6.07, 6.45) is 0. The number of hydrogen-bond acceptors (Lipinski definition) is 4. The van der Waals surface area contributed by atoms with Gasteiger partial charge in [0, 0.05) is 16.8 Å². The molecule has 0 amide bonds. The molecule has 0 saturated heterocycles. The number of anilines is 1. The number of rotatable bonds is 2. The average molecular weight is 305 g/mol. The van der Waals surface area contributed by atoms with E-state index in [0.29, 0.717) is 33.7 Å². The van der Waals surface area contributed by atoms with Gasteiger partial charge >= 0.3 is 0 Å². The third kappa shape index (κ3) is 2.00. The van der Waals surface area contributed by atoms with Crippen molar-refractivity contribution in [3.63, 3.8) is 0 Å². The van der Waals surface area contributed by atoms with E-state index >= 15 is 0 Å². The fourth-order valence-corrected chi connectivity index (χ4v) is 3.24. The van der Waals surface area contributed by atoms with Gasteiger partial charge in [-0.3, -0.25) is 9.59 Å². The summed E-state index contributed by atoms with van der Waals surface area (Å²) in [4.78, 5) is 27.4. The van der Waals surface area contributed by atoms with Gasteiger partial charge < -0.3 is 9.55 Å². The first-order chi connectivity index (χ1) is 10.9. The Morgan fingerprint density at radius 2 is 1.48 bits per heavy atom. The molecule has 2 radical (unpaired) electrons. The maximum absolute atomic E-state index is 13.0. The molecule has 0 saturated carbocycles. The van der Waals surface area contributed by atoms with Gasteiger partial charge in [-0.05, 0) is 32.0 Å². The van der Waals surface area contributed by atoms with Crippen molar-refractivity contribution in [2.75, 3.05) is 19.0 Å². The Balaban J connectivity index is 2.48. The molecule has 0 atom stereocenters. The van der Waals surface area contributed by atoms with Crippen LogP contribution >= 0.6 is 0 Å². The lowest BCUT2D eigenvalue weighted by atomic mass is 9.79. The smallest absolute Gasteiger partial charge is 0.226 e. The summed E-state index contributed by atoms with van der Waals surface area (Å²) in [6.45, 7) is 3.73. The predicted octanol–water partition coefficient (Wildman–Crippen LogP) is 2.61. The molecule has 114 valence electrons. The Bertz CT molecular complexity index is 856. The lowest BCUT2D eigenvalue weighted by molar-refractivity contribution is 0.0977. The first kappa shape index (κ1) is 15.3. The van der Waals surface area contributed by atoms with E-state index in [1.165, 1.54) is 11.9 Å². The van der Waals surface area contributed by atoms with Gasteiger partial charge in [0.25, 0.3) is 0 Å². The molecule has 2 aromatic rings. The van der Waals surface area contributed by atoms with E-state index in [-0.39, 0.29) is 11.6 Å². The molecule has 5 heteroatoms. The highest BCUT2D eigenvalue weighted by molar-refractivity contribution is 6.33. The second kappa shape index (κ2) is 5.27. The van der Waals surface area contributed by atoms with Gasteiger partial charge in [0.15, 0.2) is 11.6 Å². The molecule has 3 rings (SSSR count). The fraction of sp³-hybridized carbons (Fsp3) is 0.222. The summed E-state index contributed by atoms with van der Waals surface area (Å²) < 4.78 is 5.46. The lowest BCUT2D eigenvalue weighted by Crippen LogP contribution is -2.27. The number of carbonyl (C=O) groups is 2. The molecule has 1 aliphatic rings. The number of benzene rings is 2. The minimum Gasteiger partial charge on any atom is -0.496 e. The summed E-state index contributed by atoms with van der Waals surface area (Å²) >= 11 is 0. The topological polar surface area (TPSA) is 46.6 Å². The van der Waals surface area contributed by atoms with Gasteiger partial charge in [0.05, 0.1) is 18.2 Å². The Hall–Kier alpha value is -2.56. The molecule has 0 unspecified atom stereocenters. The van der Waals surface area contributed by atoms with Crippen molar-refractivity contribution in [3.8, 4) is 5.75 Å². The quantitative estimate of drug-likeness (QED) is 0.683. The lowest BCUT2D eigenvalue weighted by Gasteiger charge is -2.29. The Morgan fingerprint density at radius 1 is 0.957 bits per heavy atom. The van der Waals surface area contributed by atoms with Crippen molar-refractivity contribution in [2.45, 2.75) is 13.8 Å². The fourth-order valence-electron chi connectivity index (χ4n) is 3.24. The highest BCUT2D eigenvalue weighted by atomic mass is 16.5. The third-order valence-corrected chi connectivity index (χ3v) is 4.40. The van der Waals surface area contributed by atoms with Crippen LogP contribution in [0.3, 0.4) is 0 Å². The van der Waals surface area contributed by atoms with Crippen LogP contribution in [0.5, 0.6) is 5.75 Å². The summed E-state index contributed by atoms with van der Waals surface area (Å²) in [7, 11) is 9.12. The Morgan fingerprint density at radius 3 is 1.96 bits per heavy atom. The molecule has 0 aromatic heterocycles. The van der Waals surface area contributed by atoms with Gasteiger partial charge in [0.1, 0.15) is 5.75 Å². The van der Waals surface area contributed by atoms with Crippen molar-refractivity contribution in [3.05, 3.63) is 57.6 Å². The normalized spacial score (nSPS) is 12.7. The number of ketones is 2. The maximum atomic E-state index is 13.0. The molecule has 4 nitrogen and oxygen atoms in total. The summed E-state index contributed by atoms with van der Waals surface area (Å²) in [5, 5.41) is 0. The van der Waals surface area contributed by atoms with E-state index < -0.39 is 0 Å². The highest BCUT2D eigenvalue weighted by Gasteiger charge is 2.36.